The van der Waals surface area contributed by atoms with Gasteiger partial charge >= 0.3 is 5.69 Å². The molecule has 0 fully saturated rings. The molecule has 108 valence electrons. The van der Waals surface area contributed by atoms with Crippen molar-refractivity contribution in [3.05, 3.63) is 27.9 Å². The Kier molecular flexibility index (Phi) is 6.95. The molecule has 0 amide bonds. The van der Waals surface area contributed by atoms with Crippen LogP contribution in [0, 0.1) is 21.4 Å². The number of pyridine rings is 1. The summed E-state index contributed by atoms with van der Waals surface area (Å²) in [5.74, 6) is 0.434. The predicted molar refractivity (Wildman–Crippen MR) is 71.4 cm³/mol. The first kappa shape index (κ1) is 15.8. The average molecular weight is 280 g/mol. The van der Waals surface area contributed by atoms with Crippen LogP contribution in [0.5, 0.6) is 0 Å². The standard InChI is InChI=1S/C12H16N4O4/c1-19-7-8-20-6-2-5-14-12-4-3-11(16(17)18)10(9-13)15-12/h3-4H,2,5-8H2,1H3,(H,14,15). The van der Waals surface area contributed by atoms with Crippen molar-refractivity contribution in [3.8, 4) is 6.07 Å². The molecular formula is C12H16N4O4. The Morgan fingerprint density at radius 2 is 2.25 bits per heavy atom. The van der Waals surface area contributed by atoms with Crippen LogP contribution in [0.3, 0.4) is 0 Å². The van der Waals surface area contributed by atoms with Crippen LogP contribution >= 0.6 is 0 Å². The van der Waals surface area contributed by atoms with Crippen molar-refractivity contribution < 1.29 is 14.4 Å². The molecule has 1 aromatic heterocycles. The number of nitro groups is 1. The minimum atomic E-state index is -0.626. The van der Waals surface area contributed by atoms with Crippen LogP contribution in [-0.4, -0.2) is 43.4 Å². The molecule has 0 aliphatic heterocycles. The second-order valence-electron chi connectivity index (χ2n) is 3.82. The second-order valence-corrected chi connectivity index (χ2v) is 3.82. The first-order chi connectivity index (χ1) is 9.69. The van der Waals surface area contributed by atoms with Crippen LogP contribution in [0.15, 0.2) is 12.1 Å². The lowest BCUT2D eigenvalue weighted by atomic mass is 10.3. The van der Waals surface area contributed by atoms with Gasteiger partial charge < -0.3 is 14.8 Å². The Bertz CT molecular complexity index is 487. The van der Waals surface area contributed by atoms with Gasteiger partial charge in [-0.25, -0.2) is 4.98 Å². The van der Waals surface area contributed by atoms with Gasteiger partial charge in [0.2, 0.25) is 5.69 Å². The normalized spacial score (nSPS) is 10.0. The Hall–Kier alpha value is -2.24. The molecule has 0 aromatic carbocycles. The fraction of sp³-hybridized carbons (Fsp3) is 0.500. The van der Waals surface area contributed by atoms with E-state index in [4.69, 9.17) is 14.7 Å². The van der Waals surface area contributed by atoms with E-state index in [-0.39, 0.29) is 11.4 Å². The summed E-state index contributed by atoms with van der Waals surface area (Å²) >= 11 is 0. The summed E-state index contributed by atoms with van der Waals surface area (Å²) in [4.78, 5) is 13.9. The van der Waals surface area contributed by atoms with Crippen LogP contribution in [-0.2, 0) is 9.47 Å². The number of ether oxygens (including phenoxy) is 2. The van der Waals surface area contributed by atoms with E-state index in [0.717, 1.165) is 6.42 Å². The van der Waals surface area contributed by atoms with Crippen molar-refractivity contribution in [2.45, 2.75) is 6.42 Å². The molecule has 0 bridgehead atoms. The lowest BCUT2D eigenvalue weighted by Gasteiger charge is -2.06. The highest BCUT2D eigenvalue weighted by Gasteiger charge is 2.15. The average Bonchev–Trinajstić information content (AvgIpc) is 2.45. The Labute approximate surface area is 116 Å². The van der Waals surface area contributed by atoms with E-state index in [2.05, 4.69) is 10.3 Å². The van der Waals surface area contributed by atoms with Crippen molar-refractivity contribution in [2.75, 3.05) is 38.8 Å². The number of nitrogens with zero attached hydrogens (tertiary/aromatic N) is 3. The molecule has 0 radical (unpaired) electrons. The molecule has 20 heavy (non-hydrogen) atoms. The first-order valence-corrected chi connectivity index (χ1v) is 6.05. The Morgan fingerprint density at radius 1 is 1.45 bits per heavy atom. The van der Waals surface area contributed by atoms with Crippen LogP contribution < -0.4 is 5.32 Å². The maximum atomic E-state index is 10.6. The minimum absolute atomic E-state index is 0.198. The van der Waals surface area contributed by atoms with E-state index >= 15 is 0 Å². The molecule has 0 spiro atoms. The zero-order chi connectivity index (χ0) is 14.8. The number of nitrogens with one attached hydrogen (secondary N) is 1. The first-order valence-electron chi connectivity index (χ1n) is 6.05. The molecule has 0 aliphatic carbocycles. The minimum Gasteiger partial charge on any atom is -0.382 e. The highest BCUT2D eigenvalue weighted by molar-refractivity contribution is 5.50. The number of hydrogen-bond acceptors (Lipinski definition) is 7. The molecule has 1 aromatic rings. The SMILES string of the molecule is COCCOCCCNc1ccc([N+](=O)[O-])c(C#N)n1. The maximum Gasteiger partial charge on any atom is 0.305 e. The molecular weight excluding hydrogens is 264 g/mol. The van der Waals surface area contributed by atoms with Crippen LogP contribution in [0.25, 0.3) is 0 Å². The zero-order valence-electron chi connectivity index (χ0n) is 11.2. The summed E-state index contributed by atoms with van der Waals surface area (Å²) < 4.78 is 10.1. The number of hydrogen-bond donors (Lipinski definition) is 1. The second kappa shape index (κ2) is 8.79. The molecule has 8 nitrogen and oxygen atoms in total. The van der Waals surface area contributed by atoms with Gasteiger partial charge in [0.15, 0.2) is 0 Å². The van der Waals surface area contributed by atoms with Gasteiger partial charge in [-0.15, -0.1) is 0 Å². The molecule has 1 heterocycles. The predicted octanol–water partition coefficient (Wildman–Crippen LogP) is 1.33. The highest BCUT2D eigenvalue weighted by atomic mass is 16.6. The summed E-state index contributed by atoms with van der Waals surface area (Å²) in [6.45, 7) is 2.28. The molecule has 1 rings (SSSR count). The number of methoxy groups -OCH3 is 1. The Balaban J connectivity index is 2.38. The van der Waals surface area contributed by atoms with E-state index in [9.17, 15) is 10.1 Å². The number of nitriles is 1. The van der Waals surface area contributed by atoms with E-state index in [1.165, 1.54) is 12.1 Å². The Morgan fingerprint density at radius 3 is 2.90 bits per heavy atom. The van der Waals surface area contributed by atoms with Gasteiger partial charge in [0, 0.05) is 26.3 Å². The molecule has 0 aliphatic rings. The number of anilines is 1. The van der Waals surface area contributed by atoms with Crippen LogP contribution in [0.2, 0.25) is 0 Å². The highest BCUT2D eigenvalue weighted by Crippen LogP contribution is 2.17. The van der Waals surface area contributed by atoms with Gasteiger partial charge in [-0.2, -0.15) is 5.26 Å². The van der Waals surface area contributed by atoms with Crippen molar-refractivity contribution in [3.63, 3.8) is 0 Å². The van der Waals surface area contributed by atoms with Gasteiger partial charge in [-0.1, -0.05) is 0 Å². The fourth-order valence-corrected chi connectivity index (χ4v) is 1.41. The summed E-state index contributed by atoms with van der Waals surface area (Å²) in [5.41, 5.74) is -0.489. The van der Waals surface area contributed by atoms with Gasteiger partial charge in [0.05, 0.1) is 18.1 Å². The third-order valence-corrected chi connectivity index (χ3v) is 2.38. The summed E-state index contributed by atoms with van der Waals surface area (Å²) in [7, 11) is 1.61. The van der Waals surface area contributed by atoms with Gasteiger partial charge in [0.25, 0.3) is 0 Å². The zero-order valence-corrected chi connectivity index (χ0v) is 11.2. The maximum absolute atomic E-state index is 10.6. The van der Waals surface area contributed by atoms with Gasteiger partial charge in [0.1, 0.15) is 11.9 Å². The van der Waals surface area contributed by atoms with Crippen LogP contribution in [0.1, 0.15) is 12.1 Å². The number of rotatable bonds is 9. The lowest BCUT2D eigenvalue weighted by molar-refractivity contribution is -0.385. The van der Waals surface area contributed by atoms with E-state index in [1.54, 1.807) is 13.2 Å². The van der Waals surface area contributed by atoms with Crippen LogP contribution in [0.4, 0.5) is 11.5 Å². The van der Waals surface area contributed by atoms with Crippen molar-refractivity contribution in [1.82, 2.24) is 4.98 Å². The molecule has 8 heteroatoms. The molecule has 0 unspecified atom stereocenters. The quantitative estimate of drug-likeness (QED) is 0.412. The van der Waals surface area contributed by atoms with Crippen molar-refractivity contribution in [1.29, 1.82) is 5.26 Å². The molecule has 0 atom stereocenters. The molecule has 0 saturated carbocycles. The summed E-state index contributed by atoms with van der Waals surface area (Å²) in [5, 5.41) is 22.4. The van der Waals surface area contributed by atoms with E-state index in [1.807, 2.05) is 0 Å². The largest absolute Gasteiger partial charge is 0.382 e. The number of aromatic nitrogens is 1. The summed E-state index contributed by atoms with van der Waals surface area (Å²) in [6.07, 6.45) is 0.754. The fourth-order valence-electron chi connectivity index (χ4n) is 1.41. The van der Waals surface area contributed by atoms with E-state index in [0.29, 0.717) is 32.2 Å². The third kappa shape index (κ3) is 5.17. The monoisotopic (exact) mass is 280 g/mol. The molecule has 1 N–H and O–H groups in total. The van der Waals surface area contributed by atoms with Crippen molar-refractivity contribution in [2.24, 2.45) is 0 Å². The third-order valence-electron chi connectivity index (χ3n) is 2.38. The summed E-state index contributed by atoms with van der Waals surface area (Å²) in [6, 6.07) is 4.45. The topological polar surface area (TPSA) is 110 Å². The molecule has 0 saturated heterocycles. The van der Waals surface area contributed by atoms with Gasteiger partial charge in [-0.05, 0) is 12.5 Å². The lowest BCUT2D eigenvalue weighted by Crippen LogP contribution is -2.09. The van der Waals surface area contributed by atoms with E-state index < -0.39 is 4.92 Å². The smallest absolute Gasteiger partial charge is 0.305 e. The van der Waals surface area contributed by atoms with Crippen molar-refractivity contribution >= 4 is 11.5 Å². The van der Waals surface area contributed by atoms with Gasteiger partial charge in [-0.3, -0.25) is 10.1 Å².